The molecule has 94 valence electrons. The molecule has 2 rings (SSSR count). The largest absolute Gasteiger partial charge is 0.493 e. The van der Waals surface area contributed by atoms with Crippen LogP contribution in [0.2, 0.25) is 0 Å². The number of ether oxygens (including phenoxy) is 3. The molecule has 4 nitrogen and oxygen atoms in total. The molecule has 0 saturated heterocycles. The summed E-state index contributed by atoms with van der Waals surface area (Å²) in [5.74, 6) is 0.543. The second-order valence-corrected chi connectivity index (χ2v) is 3.92. The molecule has 0 aliphatic carbocycles. The van der Waals surface area contributed by atoms with Gasteiger partial charge in [-0.25, -0.2) is 4.39 Å². The molecular formula is C12H16FNO3. The Morgan fingerprint density at radius 2 is 2.18 bits per heavy atom. The SMILES string of the molecule is COc1cc(F)c2c(c1OC)C(N)COCC2. The van der Waals surface area contributed by atoms with E-state index in [1.807, 2.05) is 0 Å². The molecular weight excluding hydrogens is 225 g/mol. The Morgan fingerprint density at radius 3 is 2.82 bits per heavy atom. The van der Waals surface area contributed by atoms with Crippen LogP contribution in [0.5, 0.6) is 11.5 Å². The summed E-state index contributed by atoms with van der Waals surface area (Å²) in [7, 11) is 3.00. The number of rotatable bonds is 2. The molecule has 0 spiro atoms. The summed E-state index contributed by atoms with van der Waals surface area (Å²) in [6.07, 6.45) is 0.495. The van der Waals surface area contributed by atoms with Crippen molar-refractivity contribution in [3.8, 4) is 11.5 Å². The van der Waals surface area contributed by atoms with Crippen LogP contribution in [0.3, 0.4) is 0 Å². The zero-order valence-electron chi connectivity index (χ0n) is 9.96. The maximum Gasteiger partial charge on any atom is 0.166 e. The number of benzene rings is 1. The Morgan fingerprint density at radius 1 is 1.41 bits per heavy atom. The minimum absolute atomic E-state index is 0.321. The first-order chi connectivity index (χ1) is 8.19. The molecule has 5 heteroatoms. The Balaban J connectivity index is 2.64. The van der Waals surface area contributed by atoms with E-state index in [1.54, 1.807) is 0 Å². The first-order valence-corrected chi connectivity index (χ1v) is 5.45. The predicted molar refractivity (Wildman–Crippen MR) is 61.0 cm³/mol. The van der Waals surface area contributed by atoms with Crippen molar-refractivity contribution < 1.29 is 18.6 Å². The highest BCUT2D eigenvalue weighted by Gasteiger charge is 2.26. The van der Waals surface area contributed by atoms with E-state index in [1.165, 1.54) is 20.3 Å². The molecule has 1 heterocycles. The second kappa shape index (κ2) is 4.89. The van der Waals surface area contributed by atoms with Crippen LogP contribution in [0.4, 0.5) is 4.39 Å². The quantitative estimate of drug-likeness (QED) is 0.850. The summed E-state index contributed by atoms with van der Waals surface area (Å²) in [6, 6.07) is 0.933. The van der Waals surface area contributed by atoms with E-state index in [0.717, 1.165) is 0 Å². The van der Waals surface area contributed by atoms with E-state index < -0.39 is 6.04 Å². The van der Waals surface area contributed by atoms with Gasteiger partial charge in [0.1, 0.15) is 5.82 Å². The molecule has 1 unspecified atom stereocenters. The maximum atomic E-state index is 13.9. The fourth-order valence-corrected chi connectivity index (χ4v) is 2.14. The van der Waals surface area contributed by atoms with Crippen molar-refractivity contribution in [2.45, 2.75) is 12.5 Å². The van der Waals surface area contributed by atoms with E-state index >= 15 is 0 Å². The van der Waals surface area contributed by atoms with Crippen molar-refractivity contribution in [2.75, 3.05) is 27.4 Å². The Bertz CT molecular complexity index is 423. The highest BCUT2D eigenvalue weighted by atomic mass is 19.1. The minimum Gasteiger partial charge on any atom is -0.493 e. The molecule has 1 aromatic rings. The molecule has 1 aromatic carbocycles. The van der Waals surface area contributed by atoms with E-state index in [9.17, 15) is 4.39 Å². The second-order valence-electron chi connectivity index (χ2n) is 3.92. The van der Waals surface area contributed by atoms with Gasteiger partial charge in [0.15, 0.2) is 11.5 Å². The topological polar surface area (TPSA) is 53.7 Å². The van der Waals surface area contributed by atoms with Crippen LogP contribution in [-0.2, 0) is 11.2 Å². The molecule has 0 bridgehead atoms. The minimum atomic E-state index is -0.396. The predicted octanol–water partition coefficient (Wildman–Crippen LogP) is 1.42. The van der Waals surface area contributed by atoms with E-state index in [2.05, 4.69) is 0 Å². The number of hydrogen-bond donors (Lipinski definition) is 1. The lowest BCUT2D eigenvalue weighted by molar-refractivity contribution is 0.130. The van der Waals surface area contributed by atoms with Crippen molar-refractivity contribution >= 4 is 0 Å². The van der Waals surface area contributed by atoms with Gasteiger partial charge in [-0.2, -0.15) is 0 Å². The van der Waals surface area contributed by atoms with Crippen molar-refractivity contribution in [1.82, 2.24) is 0 Å². The summed E-state index contributed by atoms with van der Waals surface area (Å²) >= 11 is 0. The van der Waals surface area contributed by atoms with Crippen LogP contribution >= 0.6 is 0 Å². The third-order valence-electron chi connectivity index (χ3n) is 2.93. The van der Waals surface area contributed by atoms with Gasteiger partial charge in [0.25, 0.3) is 0 Å². The number of halogens is 1. The number of nitrogens with two attached hydrogens (primary N) is 1. The van der Waals surface area contributed by atoms with Gasteiger partial charge in [-0.3, -0.25) is 0 Å². The number of fused-ring (bicyclic) bond motifs is 1. The average Bonchev–Trinajstić information content (AvgIpc) is 2.52. The van der Waals surface area contributed by atoms with Crippen LogP contribution in [-0.4, -0.2) is 27.4 Å². The maximum absolute atomic E-state index is 13.9. The van der Waals surface area contributed by atoms with Crippen molar-refractivity contribution in [3.63, 3.8) is 0 Å². The number of methoxy groups -OCH3 is 2. The standard InChI is InChI=1S/C12H16FNO3/c1-15-10-5-8(13)7-3-4-17-6-9(14)11(7)12(10)16-2/h5,9H,3-4,6,14H2,1-2H3. The lowest BCUT2D eigenvalue weighted by Crippen LogP contribution is -2.18. The van der Waals surface area contributed by atoms with Crippen LogP contribution in [0.25, 0.3) is 0 Å². The lowest BCUT2D eigenvalue weighted by atomic mass is 9.97. The Labute approximate surface area is 99.5 Å². The third-order valence-corrected chi connectivity index (χ3v) is 2.93. The lowest BCUT2D eigenvalue weighted by Gasteiger charge is -2.19. The van der Waals surface area contributed by atoms with Gasteiger partial charge in [0, 0.05) is 11.6 Å². The van der Waals surface area contributed by atoms with E-state index in [4.69, 9.17) is 19.9 Å². The molecule has 0 radical (unpaired) electrons. The molecule has 0 fully saturated rings. The van der Waals surface area contributed by atoms with Crippen LogP contribution in [0, 0.1) is 5.82 Å². The van der Waals surface area contributed by atoms with Gasteiger partial charge in [-0.1, -0.05) is 0 Å². The Kier molecular flexibility index (Phi) is 3.49. The van der Waals surface area contributed by atoms with Crippen molar-refractivity contribution in [3.05, 3.63) is 23.0 Å². The highest BCUT2D eigenvalue weighted by Crippen LogP contribution is 2.39. The summed E-state index contributed by atoms with van der Waals surface area (Å²) in [4.78, 5) is 0. The van der Waals surface area contributed by atoms with Gasteiger partial charge in [0.05, 0.1) is 33.5 Å². The molecule has 17 heavy (non-hydrogen) atoms. The zero-order chi connectivity index (χ0) is 12.4. The summed E-state index contributed by atoms with van der Waals surface area (Å²) < 4.78 is 29.7. The Hall–Kier alpha value is -1.33. The highest BCUT2D eigenvalue weighted by molar-refractivity contribution is 5.53. The first kappa shape index (κ1) is 12.1. The van der Waals surface area contributed by atoms with E-state index in [-0.39, 0.29) is 5.82 Å². The average molecular weight is 241 g/mol. The van der Waals surface area contributed by atoms with Crippen LogP contribution in [0.15, 0.2) is 6.07 Å². The van der Waals surface area contributed by atoms with E-state index in [0.29, 0.717) is 42.3 Å². The molecule has 1 aliphatic heterocycles. The zero-order valence-corrected chi connectivity index (χ0v) is 9.96. The van der Waals surface area contributed by atoms with Gasteiger partial charge < -0.3 is 19.9 Å². The van der Waals surface area contributed by atoms with Gasteiger partial charge in [-0.15, -0.1) is 0 Å². The first-order valence-electron chi connectivity index (χ1n) is 5.45. The van der Waals surface area contributed by atoms with Crippen LogP contribution in [0.1, 0.15) is 17.2 Å². The van der Waals surface area contributed by atoms with Gasteiger partial charge in [0.2, 0.25) is 0 Å². The molecule has 0 amide bonds. The molecule has 0 saturated carbocycles. The normalized spacial score (nSPS) is 19.4. The summed E-state index contributed by atoms with van der Waals surface area (Å²) in [5, 5.41) is 0. The third kappa shape index (κ3) is 2.08. The summed E-state index contributed by atoms with van der Waals surface area (Å²) in [5.41, 5.74) is 7.21. The monoisotopic (exact) mass is 241 g/mol. The van der Waals surface area contributed by atoms with Crippen LogP contribution < -0.4 is 15.2 Å². The van der Waals surface area contributed by atoms with Crippen molar-refractivity contribution in [2.24, 2.45) is 5.73 Å². The molecule has 1 atom stereocenters. The number of hydrogen-bond acceptors (Lipinski definition) is 4. The smallest absolute Gasteiger partial charge is 0.166 e. The molecule has 2 N–H and O–H groups in total. The van der Waals surface area contributed by atoms with Gasteiger partial charge in [-0.05, 0) is 12.0 Å². The molecule has 0 aromatic heterocycles. The van der Waals surface area contributed by atoms with Gasteiger partial charge >= 0.3 is 0 Å². The van der Waals surface area contributed by atoms with Crippen molar-refractivity contribution in [1.29, 1.82) is 0 Å². The fraction of sp³-hybridized carbons (Fsp3) is 0.500. The summed E-state index contributed by atoms with van der Waals surface area (Å²) in [6.45, 7) is 0.822. The molecule has 1 aliphatic rings. The fourth-order valence-electron chi connectivity index (χ4n) is 2.14.